The lowest BCUT2D eigenvalue weighted by Gasteiger charge is -2.17. The van der Waals surface area contributed by atoms with Crippen molar-refractivity contribution in [1.82, 2.24) is 9.13 Å². The van der Waals surface area contributed by atoms with Crippen molar-refractivity contribution in [3.8, 4) is 11.8 Å². The number of rotatable bonds is 4. The molecule has 7 nitrogen and oxygen atoms in total. The quantitative estimate of drug-likeness (QED) is 0.910. The van der Waals surface area contributed by atoms with Gasteiger partial charge in [0.1, 0.15) is 11.9 Å². The highest BCUT2D eigenvalue weighted by Gasteiger charge is 2.20. The Hall–Kier alpha value is -3.21. The Kier molecular flexibility index (Phi) is 4.88. The van der Waals surface area contributed by atoms with Crippen molar-refractivity contribution < 1.29 is 14.3 Å². The van der Waals surface area contributed by atoms with Gasteiger partial charge in [-0.2, -0.15) is 5.26 Å². The second-order valence-corrected chi connectivity index (χ2v) is 5.69. The molecular weight excluding hydrogens is 329 g/mol. The standard InChI is InChI=1S/C17H16FN3O4/c1-4-20-13(9(2)3)7-15(22)21(17(20)25)14-6-11(16(23)24)10(8-19)5-12(14)18/h5-7,9H,4H2,1-3H3,(H,23,24). The van der Waals surface area contributed by atoms with E-state index in [-0.39, 0.29) is 12.5 Å². The van der Waals surface area contributed by atoms with Crippen LogP contribution in [0.1, 0.15) is 48.3 Å². The summed E-state index contributed by atoms with van der Waals surface area (Å²) in [5, 5.41) is 18.1. The number of aromatic carboxylic acids is 1. The Balaban J connectivity index is 2.91. The number of nitriles is 1. The van der Waals surface area contributed by atoms with Crippen LogP contribution in [0.2, 0.25) is 0 Å². The molecule has 2 aromatic rings. The number of halogens is 1. The van der Waals surface area contributed by atoms with Crippen LogP contribution < -0.4 is 11.2 Å². The Morgan fingerprint density at radius 1 is 1.32 bits per heavy atom. The van der Waals surface area contributed by atoms with E-state index in [0.29, 0.717) is 16.3 Å². The van der Waals surface area contributed by atoms with Crippen LogP contribution in [0.5, 0.6) is 0 Å². The number of benzene rings is 1. The van der Waals surface area contributed by atoms with Crippen LogP contribution in [-0.2, 0) is 6.54 Å². The first kappa shape index (κ1) is 18.1. The van der Waals surface area contributed by atoms with E-state index in [1.807, 2.05) is 13.8 Å². The number of carboxylic acid groups (broad SMARTS) is 1. The van der Waals surface area contributed by atoms with Crippen molar-refractivity contribution in [3.63, 3.8) is 0 Å². The van der Waals surface area contributed by atoms with Crippen molar-refractivity contribution in [2.24, 2.45) is 0 Å². The monoisotopic (exact) mass is 345 g/mol. The molecule has 0 atom stereocenters. The summed E-state index contributed by atoms with van der Waals surface area (Å²) in [6.07, 6.45) is 0. The summed E-state index contributed by atoms with van der Waals surface area (Å²) < 4.78 is 16.3. The molecule has 0 amide bonds. The molecule has 1 heterocycles. The zero-order valence-corrected chi connectivity index (χ0v) is 13.9. The molecule has 0 saturated carbocycles. The highest BCUT2D eigenvalue weighted by Crippen LogP contribution is 2.18. The van der Waals surface area contributed by atoms with Crippen LogP contribution in [-0.4, -0.2) is 20.2 Å². The average Bonchev–Trinajstić information content (AvgIpc) is 2.54. The van der Waals surface area contributed by atoms with E-state index in [2.05, 4.69) is 0 Å². The fourth-order valence-corrected chi connectivity index (χ4v) is 2.61. The summed E-state index contributed by atoms with van der Waals surface area (Å²) in [6.45, 7) is 5.60. The van der Waals surface area contributed by atoms with Gasteiger partial charge in [-0.05, 0) is 25.0 Å². The van der Waals surface area contributed by atoms with Gasteiger partial charge in [-0.3, -0.25) is 9.36 Å². The second-order valence-electron chi connectivity index (χ2n) is 5.69. The summed E-state index contributed by atoms with van der Waals surface area (Å²) >= 11 is 0. The zero-order chi connectivity index (χ0) is 18.9. The average molecular weight is 345 g/mol. The minimum Gasteiger partial charge on any atom is -0.478 e. The molecule has 130 valence electrons. The van der Waals surface area contributed by atoms with Gasteiger partial charge in [0.2, 0.25) is 0 Å². The van der Waals surface area contributed by atoms with Gasteiger partial charge in [0.05, 0.1) is 16.8 Å². The smallest absolute Gasteiger partial charge is 0.337 e. The predicted molar refractivity (Wildman–Crippen MR) is 87.7 cm³/mol. The van der Waals surface area contributed by atoms with Gasteiger partial charge >= 0.3 is 11.7 Å². The highest BCUT2D eigenvalue weighted by atomic mass is 19.1. The van der Waals surface area contributed by atoms with Gasteiger partial charge < -0.3 is 5.11 Å². The molecule has 0 bridgehead atoms. The number of nitrogens with zero attached hydrogens (tertiary/aromatic N) is 3. The van der Waals surface area contributed by atoms with Crippen molar-refractivity contribution in [2.45, 2.75) is 33.2 Å². The lowest BCUT2D eigenvalue weighted by Crippen LogP contribution is -2.40. The summed E-state index contributed by atoms with van der Waals surface area (Å²) in [6, 6.07) is 4.34. The Morgan fingerprint density at radius 2 is 1.96 bits per heavy atom. The van der Waals surface area contributed by atoms with Gasteiger partial charge in [0.15, 0.2) is 0 Å². The molecule has 0 fully saturated rings. The van der Waals surface area contributed by atoms with Crippen LogP contribution >= 0.6 is 0 Å². The van der Waals surface area contributed by atoms with Gasteiger partial charge in [-0.1, -0.05) is 13.8 Å². The predicted octanol–water partition coefficient (Wildman–Crippen LogP) is 1.85. The van der Waals surface area contributed by atoms with Crippen molar-refractivity contribution in [1.29, 1.82) is 5.26 Å². The SMILES string of the molecule is CCn1c(C(C)C)cc(=O)n(-c2cc(C(=O)O)c(C#N)cc2F)c1=O. The minimum atomic E-state index is -1.46. The van der Waals surface area contributed by atoms with E-state index in [4.69, 9.17) is 5.26 Å². The molecule has 25 heavy (non-hydrogen) atoms. The topological polar surface area (TPSA) is 105 Å². The first-order valence-corrected chi connectivity index (χ1v) is 7.57. The lowest BCUT2D eigenvalue weighted by atomic mass is 10.1. The summed E-state index contributed by atoms with van der Waals surface area (Å²) in [5.74, 6) is -2.59. The third-order valence-electron chi connectivity index (χ3n) is 3.81. The molecule has 2 rings (SSSR count). The largest absolute Gasteiger partial charge is 0.478 e. The number of carboxylic acids is 1. The van der Waals surface area contributed by atoms with E-state index < -0.39 is 39.8 Å². The summed E-state index contributed by atoms with van der Waals surface area (Å²) in [5.41, 5.74) is -2.40. The zero-order valence-electron chi connectivity index (χ0n) is 13.9. The fourth-order valence-electron chi connectivity index (χ4n) is 2.61. The second kappa shape index (κ2) is 6.73. The third kappa shape index (κ3) is 3.08. The van der Waals surface area contributed by atoms with Crippen LogP contribution in [0.4, 0.5) is 4.39 Å². The maximum Gasteiger partial charge on any atom is 0.337 e. The maximum atomic E-state index is 14.4. The van der Waals surface area contributed by atoms with Crippen molar-refractivity contribution >= 4 is 5.97 Å². The molecule has 0 radical (unpaired) electrons. The molecule has 8 heteroatoms. The van der Waals surface area contributed by atoms with Gasteiger partial charge in [-0.15, -0.1) is 0 Å². The molecule has 0 spiro atoms. The molecule has 0 aliphatic rings. The first-order chi connectivity index (χ1) is 11.7. The molecule has 1 aromatic heterocycles. The molecule has 1 aromatic carbocycles. The van der Waals surface area contributed by atoms with E-state index >= 15 is 0 Å². The molecule has 0 aliphatic carbocycles. The Morgan fingerprint density at radius 3 is 2.44 bits per heavy atom. The van der Waals surface area contributed by atoms with E-state index in [1.165, 1.54) is 10.6 Å². The van der Waals surface area contributed by atoms with Crippen LogP contribution in [0.15, 0.2) is 27.8 Å². The van der Waals surface area contributed by atoms with Gasteiger partial charge in [-0.25, -0.2) is 18.5 Å². The number of aromatic nitrogens is 2. The first-order valence-electron chi connectivity index (χ1n) is 7.57. The van der Waals surface area contributed by atoms with Crippen molar-refractivity contribution in [2.75, 3.05) is 0 Å². The number of carbonyl (C=O) groups is 1. The van der Waals surface area contributed by atoms with Crippen LogP contribution in [0.25, 0.3) is 5.69 Å². The Labute approximate surface area is 142 Å². The van der Waals surface area contributed by atoms with E-state index in [9.17, 15) is 23.9 Å². The maximum absolute atomic E-state index is 14.4. The summed E-state index contributed by atoms with van der Waals surface area (Å²) in [4.78, 5) is 36.3. The lowest BCUT2D eigenvalue weighted by molar-refractivity contribution is 0.0696. The van der Waals surface area contributed by atoms with Gasteiger partial charge in [0, 0.05) is 18.3 Å². The molecule has 0 unspecified atom stereocenters. The fraction of sp³-hybridized carbons (Fsp3) is 0.294. The number of hydrogen-bond donors (Lipinski definition) is 1. The molecular formula is C17H16FN3O4. The molecule has 1 N–H and O–H groups in total. The normalized spacial score (nSPS) is 10.7. The Bertz CT molecular complexity index is 1010. The molecule has 0 aliphatic heterocycles. The summed E-state index contributed by atoms with van der Waals surface area (Å²) in [7, 11) is 0. The third-order valence-corrected chi connectivity index (χ3v) is 3.81. The minimum absolute atomic E-state index is 0.101. The number of hydrogen-bond acceptors (Lipinski definition) is 4. The van der Waals surface area contributed by atoms with Gasteiger partial charge in [0.25, 0.3) is 5.56 Å². The van der Waals surface area contributed by atoms with Crippen LogP contribution in [0, 0.1) is 17.1 Å². The van der Waals surface area contributed by atoms with E-state index in [1.54, 1.807) is 13.0 Å². The van der Waals surface area contributed by atoms with Crippen LogP contribution in [0.3, 0.4) is 0 Å². The highest BCUT2D eigenvalue weighted by molar-refractivity contribution is 5.91. The van der Waals surface area contributed by atoms with Crippen molar-refractivity contribution in [3.05, 3.63) is 61.7 Å². The van der Waals surface area contributed by atoms with E-state index in [0.717, 1.165) is 6.07 Å². The molecule has 0 saturated heterocycles.